The molecule has 7 nitrogen and oxygen atoms in total. The highest BCUT2D eigenvalue weighted by atomic mass is 35.5. The van der Waals surface area contributed by atoms with Crippen molar-refractivity contribution in [3.8, 4) is 11.3 Å². The fourth-order valence-electron chi connectivity index (χ4n) is 3.42. The van der Waals surface area contributed by atoms with Gasteiger partial charge in [0.05, 0.1) is 17.1 Å². The molecule has 1 heterocycles. The minimum absolute atomic E-state index is 0.106. The lowest BCUT2D eigenvalue weighted by Crippen LogP contribution is -2.19. The highest BCUT2D eigenvalue weighted by molar-refractivity contribution is 8.00. The summed E-state index contributed by atoms with van der Waals surface area (Å²) in [6.45, 7) is 0. The van der Waals surface area contributed by atoms with Crippen molar-refractivity contribution in [1.82, 2.24) is 4.98 Å². The van der Waals surface area contributed by atoms with E-state index in [9.17, 15) is 14.4 Å². The summed E-state index contributed by atoms with van der Waals surface area (Å²) in [7, 11) is 0. The first-order valence-corrected chi connectivity index (χ1v) is 13.8. The Hall–Kier alpha value is -3.37. The van der Waals surface area contributed by atoms with Crippen LogP contribution in [0.25, 0.3) is 11.3 Å². The molecule has 11 heteroatoms. The number of rotatable bonds is 10. The average molecular weight is 587 g/mol. The molecule has 4 rings (SSSR count). The monoisotopic (exact) mass is 585 g/mol. The Labute approximate surface area is 237 Å². The number of hydrogen-bond acceptors (Lipinski definition) is 6. The second-order valence-electron chi connectivity index (χ2n) is 8.03. The molecule has 0 radical (unpaired) electrons. The van der Waals surface area contributed by atoms with Gasteiger partial charge in [-0.1, -0.05) is 53.5 Å². The van der Waals surface area contributed by atoms with Crippen LogP contribution >= 0.6 is 46.3 Å². The van der Waals surface area contributed by atoms with Gasteiger partial charge < -0.3 is 15.7 Å². The lowest BCUT2D eigenvalue weighted by Gasteiger charge is -2.16. The van der Waals surface area contributed by atoms with Gasteiger partial charge in [0, 0.05) is 33.0 Å². The van der Waals surface area contributed by atoms with Crippen molar-refractivity contribution >= 4 is 74.9 Å². The fraction of sp³-hybridized carbons (Fsp3) is 0.111. The molecule has 0 aliphatic rings. The van der Waals surface area contributed by atoms with E-state index < -0.39 is 11.2 Å². The smallest absolute Gasteiger partial charge is 0.303 e. The molecule has 4 aromatic rings. The number of amides is 2. The van der Waals surface area contributed by atoms with Gasteiger partial charge in [0.1, 0.15) is 5.25 Å². The van der Waals surface area contributed by atoms with Gasteiger partial charge in [-0.2, -0.15) is 0 Å². The van der Waals surface area contributed by atoms with Gasteiger partial charge in [-0.15, -0.1) is 23.1 Å². The Morgan fingerprint density at radius 2 is 1.68 bits per heavy atom. The molecule has 0 aliphatic heterocycles. The molecule has 0 aliphatic carbocycles. The molecule has 1 unspecified atom stereocenters. The first-order chi connectivity index (χ1) is 18.3. The van der Waals surface area contributed by atoms with Crippen molar-refractivity contribution < 1.29 is 19.5 Å². The molecule has 3 aromatic carbocycles. The first-order valence-electron chi connectivity index (χ1n) is 11.3. The van der Waals surface area contributed by atoms with Crippen LogP contribution in [0.5, 0.6) is 0 Å². The lowest BCUT2D eigenvalue weighted by atomic mass is 10.1. The van der Waals surface area contributed by atoms with Crippen LogP contribution in [-0.4, -0.2) is 27.9 Å². The van der Waals surface area contributed by atoms with E-state index in [-0.39, 0.29) is 24.7 Å². The van der Waals surface area contributed by atoms with Crippen LogP contribution in [0.1, 0.15) is 23.7 Å². The number of benzene rings is 3. The molecular weight excluding hydrogens is 565 g/mol. The number of aliphatic carboxylic acids is 1. The van der Waals surface area contributed by atoms with E-state index in [0.29, 0.717) is 26.6 Å². The molecule has 0 bridgehead atoms. The van der Waals surface area contributed by atoms with Gasteiger partial charge in [0.2, 0.25) is 11.8 Å². The zero-order valence-corrected chi connectivity index (χ0v) is 22.8. The van der Waals surface area contributed by atoms with Gasteiger partial charge in [0.25, 0.3) is 0 Å². The molecule has 0 saturated carbocycles. The number of hydrogen-bond donors (Lipinski definition) is 3. The molecule has 1 aromatic heterocycles. The predicted octanol–water partition coefficient (Wildman–Crippen LogP) is 7.39. The van der Waals surface area contributed by atoms with Gasteiger partial charge in [-0.25, -0.2) is 4.98 Å². The van der Waals surface area contributed by atoms with Crippen LogP contribution in [0.15, 0.2) is 83.1 Å². The van der Waals surface area contributed by atoms with Crippen LogP contribution in [0.4, 0.5) is 10.8 Å². The summed E-state index contributed by atoms with van der Waals surface area (Å²) in [6, 6.07) is 21.6. The van der Waals surface area contributed by atoms with E-state index in [0.717, 1.165) is 16.0 Å². The Morgan fingerprint density at radius 1 is 0.947 bits per heavy atom. The number of carbonyl (C=O) groups is 3. The number of anilines is 2. The van der Waals surface area contributed by atoms with Crippen molar-refractivity contribution in [2.24, 2.45) is 0 Å². The van der Waals surface area contributed by atoms with Gasteiger partial charge in [-0.3, -0.25) is 14.4 Å². The van der Waals surface area contributed by atoms with E-state index in [1.54, 1.807) is 42.5 Å². The summed E-state index contributed by atoms with van der Waals surface area (Å²) in [6.07, 6.45) is -0.342. The Morgan fingerprint density at radius 3 is 2.37 bits per heavy atom. The van der Waals surface area contributed by atoms with Crippen LogP contribution in [0.2, 0.25) is 10.0 Å². The Balaban J connectivity index is 1.47. The third-order valence-electron chi connectivity index (χ3n) is 5.24. The maximum Gasteiger partial charge on any atom is 0.303 e. The zero-order chi connectivity index (χ0) is 27.1. The molecule has 0 saturated heterocycles. The first kappa shape index (κ1) is 27.7. The third-order valence-corrected chi connectivity index (χ3v) is 7.81. The van der Waals surface area contributed by atoms with E-state index >= 15 is 0 Å². The summed E-state index contributed by atoms with van der Waals surface area (Å²) < 4.78 is 0. The second-order valence-corrected chi connectivity index (χ2v) is 10.9. The summed E-state index contributed by atoms with van der Waals surface area (Å²) >= 11 is 15.0. The second kappa shape index (κ2) is 12.9. The van der Waals surface area contributed by atoms with Crippen LogP contribution in [0, 0.1) is 0 Å². The highest BCUT2D eigenvalue weighted by Crippen LogP contribution is 2.38. The fourth-order valence-corrected chi connectivity index (χ4v) is 5.66. The largest absolute Gasteiger partial charge is 0.481 e. The minimum Gasteiger partial charge on any atom is -0.481 e. The number of nitrogens with zero attached hydrogens (tertiary/aromatic N) is 1. The Kier molecular flexibility index (Phi) is 9.41. The highest BCUT2D eigenvalue weighted by Gasteiger charge is 2.23. The predicted molar refractivity (Wildman–Crippen MR) is 153 cm³/mol. The summed E-state index contributed by atoms with van der Waals surface area (Å²) in [4.78, 5) is 41.3. The maximum absolute atomic E-state index is 13.4. The number of carboxylic acid groups (broad SMARTS) is 1. The number of carbonyl (C=O) groups excluding carboxylic acids is 2. The quantitative estimate of drug-likeness (QED) is 0.167. The topological polar surface area (TPSA) is 108 Å². The Bertz CT molecular complexity index is 1450. The average Bonchev–Trinajstić information content (AvgIpc) is 3.35. The summed E-state index contributed by atoms with van der Waals surface area (Å²) in [5, 5.41) is 17.0. The minimum atomic E-state index is -1.03. The standard InChI is InChI=1S/C27H21Cl2N3O4S2/c28-17-6-11-20(21(29)14-17)22-15-37-27(31-22)32-26(36)25(16-4-2-1-3-5-16)38-19-9-7-18(8-10-19)30-23(33)12-13-24(34)35/h1-11,14-15,25H,12-13H2,(H,30,33)(H,34,35)(H,31,32,36). The van der Waals surface area contributed by atoms with E-state index in [1.807, 2.05) is 35.7 Å². The van der Waals surface area contributed by atoms with Crippen molar-refractivity contribution in [3.05, 3.63) is 93.8 Å². The van der Waals surface area contributed by atoms with Crippen molar-refractivity contribution in [2.75, 3.05) is 10.6 Å². The van der Waals surface area contributed by atoms with Crippen LogP contribution in [0.3, 0.4) is 0 Å². The van der Waals surface area contributed by atoms with Crippen molar-refractivity contribution in [1.29, 1.82) is 0 Å². The normalized spacial score (nSPS) is 11.5. The zero-order valence-electron chi connectivity index (χ0n) is 19.7. The van der Waals surface area contributed by atoms with Crippen molar-refractivity contribution in [3.63, 3.8) is 0 Å². The molecule has 3 N–H and O–H groups in total. The molecule has 194 valence electrons. The number of halogens is 2. The molecular formula is C27H21Cl2N3O4S2. The van der Waals surface area contributed by atoms with Gasteiger partial charge in [0.15, 0.2) is 5.13 Å². The molecule has 2 amide bonds. The third kappa shape index (κ3) is 7.58. The molecule has 38 heavy (non-hydrogen) atoms. The molecule has 1 atom stereocenters. The van der Waals surface area contributed by atoms with E-state index in [2.05, 4.69) is 15.6 Å². The number of carboxylic acids is 1. The maximum atomic E-state index is 13.4. The summed E-state index contributed by atoms with van der Waals surface area (Å²) in [5.74, 6) is -1.65. The van der Waals surface area contributed by atoms with Crippen molar-refractivity contribution in [2.45, 2.75) is 23.0 Å². The lowest BCUT2D eigenvalue weighted by molar-refractivity contribution is -0.138. The molecule has 0 fully saturated rings. The van der Waals surface area contributed by atoms with Crippen LogP contribution < -0.4 is 10.6 Å². The van der Waals surface area contributed by atoms with Crippen LogP contribution in [-0.2, 0) is 14.4 Å². The number of aromatic nitrogens is 1. The van der Waals surface area contributed by atoms with Gasteiger partial charge >= 0.3 is 5.97 Å². The molecule has 0 spiro atoms. The van der Waals surface area contributed by atoms with Gasteiger partial charge in [-0.05, 0) is 48.0 Å². The van der Waals surface area contributed by atoms with E-state index in [4.69, 9.17) is 28.3 Å². The number of thiazole rings is 1. The SMILES string of the molecule is O=C(O)CCC(=O)Nc1ccc(SC(C(=O)Nc2nc(-c3ccc(Cl)cc3Cl)cs2)c2ccccc2)cc1. The van der Waals surface area contributed by atoms with E-state index in [1.165, 1.54) is 23.1 Å². The summed E-state index contributed by atoms with van der Waals surface area (Å²) in [5.41, 5.74) is 2.72. The number of nitrogens with one attached hydrogen (secondary N) is 2. The number of thioether (sulfide) groups is 1.